The summed E-state index contributed by atoms with van der Waals surface area (Å²) in [4.78, 5) is 102. The van der Waals surface area contributed by atoms with Crippen LogP contribution in [-0.2, 0) is 72.7 Å². The molecule has 548 valence electrons. The molecule has 0 spiro atoms. The van der Waals surface area contributed by atoms with Gasteiger partial charge in [-0.25, -0.2) is 9.80 Å². The van der Waals surface area contributed by atoms with E-state index in [1.807, 2.05) is 104 Å². The molecule has 29 heteroatoms. The van der Waals surface area contributed by atoms with Crippen LogP contribution in [-0.4, -0.2) is 185 Å². The molecular weight excluding hydrogens is 1340 g/mol. The molecule has 0 saturated heterocycles. The van der Waals surface area contributed by atoms with Crippen molar-refractivity contribution >= 4 is 107 Å². The van der Waals surface area contributed by atoms with Crippen molar-refractivity contribution in [2.75, 3.05) is 116 Å². The maximum atomic E-state index is 14.5. The average molecular weight is 1440 g/mol. The number of rotatable bonds is 43. The second-order valence-electron chi connectivity index (χ2n) is 25.7. The Balaban J connectivity index is 0.725. The third-order valence-corrected chi connectivity index (χ3v) is 19.0. The number of amides is 6. The van der Waals surface area contributed by atoms with Crippen molar-refractivity contribution < 1.29 is 75.0 Å². The third-order valence-electron chi connectivity index (χ3n) is 17.8. The maximum Gasteiger partial charge on any atom is 0.312 e. The fourth-order valence-electron chi connectivity index (χ4n) is 12.7. The number of aryl methyl sites for hydroxylation is 4. The largest absolute Gasteiger partial charge is 0.496 e. The highest BCUT2D eigenvalue weighted by atomic mass is 35.5. The Labute approximate surface area is 593 Å². The number of carbonyl (C=O) groups is 7. The second-order valence-corrected chi connectivity index (χ2v) is 27.5. The normalized spacial score (nSPS) is 14.0. The number of methoxy groups -OCH3 is 1. The predicted molar refractivity (Wildman–Crippen MR) is 386 cm³/mol. The molecule has 101 heavy (non-hydrogen) atoms. The number of nitrogens with two attached hydrogens (primary N) is 1. The molecule has 4 atom stereocenters. The molecule has 0 saturated carbocycles. The van der Waals surface area contributed by atoms with Gasteiger partial charge in [-0.15, -0.1) is 11.6 Å². The van der Waals surface area contributed by atoms with Crippen LogP contribution >= 0.6 is 11.6 Å². The minimum absolute atomic E-state index is 0.0280. The van der Waals surface area contributed by atoms with E-state index in [0.29, 0.717) is 54.8 Å². The Bertz CT molecular complexity index is 4140. The van der Waals surface area contributed by atoms with Gasteiger partial charge in [0, 0.05) is 122 Å². The summed E-state index contributed by atoms with van der Waals surface area (Å²) >= 11 is 6.62. The fourth-order valence-corrected chi connectivity index (χ4v) is 13.7. The number of hydrazine groups is 1. The minimum Gasteiger partial charge on any atom is -0.496 e. The number of anilines is 2. The van der Waals surface area contributed by atoms with Crippen molar-refractivity contribution in [3.8, 4) is 11.5 Å². The first-order valence-corrected chi connectivity index (χ1v) is 36.1. The zero-order valence-electron chi connectivity index (χ0n) is 58.7. The zero-order chi connectivity index (χ0) is 72.9. The van der Waals surface area contributed by atoms with Crippen LogP contribution in [0.2, 0.25) is 0 Å². The van der Waals surface area contributed by atoms with Crippen LogP contribution < -0.4 is 46.8 Å². The molecule has 4 heterocycles. The van der Waals surface area contributed by atoms with Gasteiger partial charge in [-0.3, -0.25) is 38.7 Å². The molecule has 7 aromatic rings. The molecule has 8 rings (SSSR count). The Kier molecular flexibility index (Phi) is 29.0. The second kappa shape index (κ2) is 37.5. The van der Waals surface area contributed by atoms with Crippen molar-refractivity contribution in [1.29, 1.82) is 0 Å². The summed E-state index contributed by atoms with van der Waals surface area (Å²) in [5.41, 5.74) is 18.1. The number of H-pyrrole nitrogens is 2. The van der Waals surface area contributed by atoms with Crippen molar-refractivity contribution in [2.45, 2.75) is 105 Å². The number of ketones is 2. The number of carbonyl (C=O) groups excluding carboxylic acids is 7. The molecule has 0 bridgehead atoms. The quantitative estimate of drug-likeness (QED) is 0.00759. The van der Waals surface area contributed by atoms with Crippen LogP contribution in [0.15, 0.2) is 78.9 Å². The SMILES string of the molecule is CNN(C)Cc1cc2ccccc2n1CCC(=O)C[C@@H](CS(=O)(=O)O)C(=O)NCCOCCOCCOCCOCCC(=O)NC(C(=O)C[C@@H](CCCNC(N)=O)C(=O)Nc1ccc(COc2cc3c(c4cc(C)[nH]c24)[C@H](CCl)CN3C(=O)c2cc3cc(C)c(OC)c(C)c3[nH]2)cc1)C(C)C. The monoisotopic (exact) mass is 1440 g/mol. The molecule has 10 N–H and O–H groups in total. The smallest absolute Gasteiger partial charge is 0.312 e. The number of hydrogen-bond acceptors (Lipinski definition) is 17. The van der Waals surface area contributed by atoms with Gasteiger partial charge < -0.3 is 74.9 Å². The first kappa shape index (κ1) is 78.3. The van der Waals surface area contributed by atoms with Gasteiger partial charge in [0.2, 0.25) is 17.7 Å². The summed E-state index contributed by atoms with van der Waals surface area (Å²) in [6.07, 6.45) is 0.0188. The van der Waals surface area contributed by atoms with E-state index in [1.165, 1.54) is 0 Å². The summed E-state index contributed by atoms with van der Waals surface area (Å²) in [6, 6.07) is 23.1. The lowest BCUT2D eigenvalue weighted by molar-refractivity contribution is -0.131. The summed E-state index contributed by atoms with van der Waals surface area (Å²) in [5.74, 6) is -4.25. The predicted octanol–water partition coefficient (Wildman–Crippen LogP) is 7.90. The maximum absolute atomic E-state index is 14.5. The Hall–Kier alpha value is -8.45. The molecule has 0 radical (unpaired) electrons. The highest BCUT2D eigenvalue weighted by Gasteiger charge is 2.37. The molecule has 1 aliphatic heterocycles. The number of aromatic amines is 2. The van der Waals surface area contributed by atoms with E-state index >= 15 is 0 Å². The van der Waals surface area contributed by atoms with Crippen molar-refractivity contribution in [3.63, 3.8) is 0 Å². The number of urea groups is 1. The lowest BCUT2D eigenvalue weighted by Gasteiger charge is -2.24. The Morgan fingerprint density at radius 1 is 0.792 bits per heavy atom. The number of primary amides is 1. The van der Waals surface area contributed by atoms with E-state index in [-0.39, 0.29) is 134 Å². The van der Waals surface area contributed by atoms with Gasteiger partial charge in [0.25, 0.3) is 16.0 Å². The summed E-state index contributed by atoms with van der Waals surface area (Å²) in [5, 5.41) is 15.6. The number of alkyl halides is 1. The van der Waals surface area contributed by atoms with Gasteiger partial charge in [0.05, 0.1) is 101 Å². The first-order chi connectivity index (χ1) is 48.4. The molecule has 6 amide bonds. The number of fused-ring (bicyclic) bond motifs is 5. The highest BCUT2D eigenvalue weighted by Crippen LogP contribution is 2.47. The van der Waals surface area contributed by atoms with Crippen LogP contribution in [0.3, 0.4) is 0 Å². The molecule has 0 fully saturated rings. The van der Waals surface area contributed by atoms with Gasteiger partial charge >= 0.3 is 6.03 Å². The molecule has 4 aromatic carbocycles. The minimum atomic E-state index is -4.57. The van der Waals surface area contributed by atoms with Gasteiger partial charge in [0.15, 0.2) is 5.78 Å². The molecule has 0 aliphatic carbocycles. The number of hydrogen-bond donors (Lipinski definition) is 9. The molecular formula is C72H96ClN11O16S. The van der Waals surface area contributed by atoms with Crippen LogP contribution in [0, 0.1) is 38.5 Å². The topological polar surface area (TPSA) is 358 Å². The van der Waals surface area contributed by atoms with E-state index in [2.05, 4.69) is 36.7 Å². The number of halogens is 1. The van der Waals surface area contributed by atoms with Gasteiger partial charge in [0.1, 0.15) is 29.6 Å². The summed E-state index contributed by atoms with van der Waals surface area (Å²) in [6.45, 7) is 12.5. The van der Waals surface area contributed by atoms with E-state index in [9.17, 15) is 46.5 Å². The standard InChI is InChI=1S/C72H96ClN11O16S/c1-44(2)65(81-63(87)20-24-96-26-28-98-30-31-99-29-27-97-25-22-76-69(88)52(43-101(92,93)94)35-56(85)19-23-83-55(41-82(7)75-6)34-49-12-9-10-14-59(49)83)61(86)37-50(13-11-21-77-72(74)91)70(89)79-54-17-15-48(16-18-54)42-100-62-38-60-64(57-33-46(4)78-67(57)62)53(39-73)40-84(60)71(90)58-36-51-32-45(3)68(95-8)47(5)66(51)80-58/h9-10,12,14-18,32-34,36,38,44,50,52-53,65,75,78,80H,11,13,19-31,35,37,39-43H2,1-8H3,(H,76,88)(H,79,89)(H,81,87)(H3,74,77,91)(H,92,93,94)/t50-,52+,53-,65?/m1/s1. The van der Waals surface area contributed by atoms with Crippen LogP contribution in [0.25, 0.3) is 32.7 Å². The van der Waals surface area contributed by atoms with Gasteiger partial charge in [-0.05, 0) is 111 Å². The number of aromatic nitrogens is 3. The van der Waals surface area contributed by atoms with Crippen molar-refractivity contribution in [3.05, 3.63) is 118 Å². The van der Waals surface area contributed by atoms with Crippen LogP contribution in [0.5, 0.6) is 11.5 Å². The molecule has 1 aliphatic rings. The summed E-state index contributed by atoms with van der Waals surface area (Å²) < 4.78 is 69.8. The van der Waals surface area contributed by atoms with E-state index in [1.54, 1.807) is 45.0 Å². The van der Waals surface area contributed by atoms with Crippen molar-refractivity contribution in [2.24, 2.45) is 23.5 Å². The fraction of sp³-hybridized carbons (Fsp3) is 0.486. The number of benzene rings is 4. The van der Waals surface area contributed by atoms with Gasteiger partial charge in [-0.2, -0.15) is 8.42 Å². The number of ether oxygens (including phenoxy) is 6. The Morgan fingerprint density at radius 2 is 1.49 bits per heavy atom. The Morgan fingerprint density at radius 3 is 2.15 bits per heavy atom. The van der Waals surface area contributed by atoms with Gasteiger partial charge in [-0.1, -0.05) is 44.2 Å². The molecule has 3 aromatic heterocycles. The molecule has 27 nitrogen and oxygen atoms in total. The third kappa shape index (κ3) is 22.0. The summed E-state index contributed by atoms with van der Waals surface area (Å²) in [7, 11) is 0.757. The van der Waals surface area contributed by atoms with Crippen molar-refractivity contribution in [1.82, 2.24) is 40.9 Å². The van der Waals surface area contributed by atoms with E-state index in [4.69, 9.17) is 45.8 Å². The molecule has 1 unspecified atom stereocenters. The lowest BCUT2D eigenvalue weighted by atomic mass is 9.89. The average Bonchev–Trinajstić information content (AvgIpc) is 1.59. The number of Topliss-reactive ketones (excluding diaryl/α,β-unsaturated/α-hetero) is 2. The first-order valence-electron chi connectivity index (χ1n) is 34.0. The zero-order valence-corrected chi connectivity index (χ0v) is 60.3. The van der Waals surface area contributed by atoms with Crippen LogP contribution in [0.4, 0.5) is 16.2 Å². The number of nitrogens with one attached hydrogen (secondary N) is 7. The van der Waals surface area contributed by atoms with Crippen LogP contribution in [0.1, 0.15) is 102 Å². The highest BCUT2D eigenvalue weighted by molar-refractivity contribution is 7.85. The number of para-hydroxylation sites is 1. The van der Waals surface area contributed by atoms with E-state index in [0.717, 1.165) is 72.1 Å². The van der Waals surface area contributed by atoms with E-state index < -0.39 is 57.5 Å². The lowest BCUT2D eigenvalue weighted by Crippen LogP contribution is -2.45. The number of nitrogens with zero attached hydrogens (tertiary/aromatic N) is 3.